The predicted octanol–water partition coefficient (Wildman–Crippen LogP) is 2.65. The molecule has 1 N–H and O–H groups in total. The van der Waals surface area contributed by atoms with Gasteiger partial charge in [0, 0.05) is 0 Å². The first-order valence-corrected chi connectivity index (χ1v) is 7.81. The van der Waals surface area contributed by atoms with Crippen LogP contribution >= 0.6 is 11.3 Å². The molecule has 0 aliphatic heterocycles. The molecule has 6 nitrogen and oxygen atoms in total. The lowest BCUT2D eigenvalue weighted by Crippen LogP contribution is -2.27. The van der Waals surface area contributed by atoms with Crippen LogP contribution in [0.2, 0.25) is 0 Å². The standard InChI is InChI=1S/C15H19N3O3S/c1-4-13-17-18-15(22-13)16-14(19)10(2)21-9-11-6-5-7-12(8-11)20-3/h5-8,10H,4,9H2,1-3H3,(H,16,18,19)/t10-/m1/s1. The highest BCUT2D eigenvalue weighted by molar-refractivity contribution is 7.15. The molecule has 0 bridgehead atoms. The maximum atomic E-state index is 12.0. The molecule has 7 heteroatoms. The van der Waals surface area contributed by atoms with Crippen LogP contribution in [0.5, 0.6) is 5.75 Å². The average molecular weight is 321 g/mol. The Morgan fingerprint density at radius 1 is 1.41 bits per heavy atom. The Bertz CT molecular complexity index is 630. The van der Waals surface area contributed by atoms with Gasteiger partial charge in [-0.15, -0.1) is 10.2 Å². The van der Waals surface area contributed by atoms with Crippen molar-refractivity contribution in [2.75, 3.05) is 12.4 Å². The number of hydrogen-bond donors (Lipinski definition) is 1. The zero-order valence-electron chi connectivity index (χ0n) is 12.8. The van der Waals surface area contributed by atoms with E-state index in [2.05, 4.69) is 15.5 Å². The maximum absolute atomic E-state index is 12.0. The number of rotatable bonds is 7. The molecule has 0 aliphatic carbocycles. The van der Waals surface area contributed by atoms with Gasteiger partial charge in [0.2, 0.25) is 5.13 Å². The third kappa shape index (κ3) is 4.51. The van der Waals surface area contributed by atoms with Crippen LogP contribution in [0.4, 0.5) is 5.13 Å². The minimum absolute atomic E-state index is 0.235. The zero-order valence-corrected chi connectivity index (χ0v) is 13.6. The van der Waals surface area contributed by atoms with Crippen molar-refractivity contribution in [3.8, 4) is 5.75 Å². The van der Waals surface area contributed by atoms with Crippen molar-refractivity contribution in [1.82, 2.24) is 10.2 Å². The normalized spacial score (nSPS) is 12.0. The van der Waals surface area contributed by atoms with Gasteiger partial charge < -0.3 is 9.47 Å². The molecule has 1 atom stereocenters. The number of anilines is 1. The average Bonchev–Trinajstić information content (AvgIpc) is 3.00. The van der Waals surface area contributed by atoms with Crippen LogP contribution in [0.25, 0.3) is 0 Å². The van der Waals surface area contributed by atoms with Crippen LogP contribution in [0.1, 0.15) is 24.4 Å². The van der Waals surface area contributed by atoms with E-state index in [1.165, 1.54) is 11.3 Å². The van der Waals surface area contributed by atoms with Gasteiger partial charge >= 0.3 is 0 Å². The summed E-state index contributed by atoms with van der Waals surface area (Å²) in [4.78, 5) is 12.0. The number of hydrogen-bond acceptors (Lipinski definition) is 6. The highest BCUT2D eigenvalue weighted by Crippen LogP contribution is 2.17. The molecule has 22 heavy (non-hydrogen) atoms. The summed E-state index contributed by atoms with van der Waals surface area (Å²) in [6.07, 6.45) is 0.218. The van der Waals surface area contributed by atoms with E-state index in [9.17, 15) is 4.79 Å². The Hall–Kier alpha value is -1.99. The first kappa shape index (κ1) is 16.4. The van der Waals surface area contributed by atoms with Crippen LogP contribution in [0, 0.1) is 0 Å². The van der Waals surface area contributed by atoms with Crippen molar-refractivity contribution in [2.24, 2.45) is 0 Å². The number of carbonyl (C=O) groups is 1. The van der Waals surface area contributed by atoms with E-state index in [1.807, 2.05) is 31.2 Å². The van der Waals surface area contributed by atoms with Crippen LogP contribution in [-0.4, -0.2) is 29.3 Å². The molecule has 1 amide bonds. The summed E-state index contributed by atoms with van der Waals surface area (Å²) >= 11 is 1.37. The largest absolute Gasteiger partial charge is 0.497 e. The summed E-state index contributed by atoms with van der Waals surface area (Å²) in [7, 11) is 1.61. The van der Waals surface area contributed by atoms with Gasteiger partial charge in [-0.05, 0) is 31.0 Å². The molecule has 0 unspecified atom stereocenters. The van der Waals surface area contributed by atoms with Gasteiger partial charge in [0.1, 0.15) is 16.9 Å². The molecule has 0 spiro atoms. The highest BCUT2D eigenvalue weighted by Gasteiger charge is 2.15. The highest BCUT2D eigenvalue weighted by atomic mass is 32.1. The van der Waals surface area contributed by atoms with Crippen LogP contribution in [0.15, 0.2) is 24.3 Å². The van der Waals surface area contributed by atoms with Crippen LogP contribution in [-0.2, 0) is 22.6 Å². The number of aromatic nitrogens is 2. The van der Waals surface area contributed by atoms with Gasteiger partial charge in [0.15, 0.2) is 0 Å². The Kier molecular flexibility index (Phi) is 5.85. The first-order chi connectivity index (χ1) is 10.6. The summed E-state index contributed by atoms with van der Waals surface area (Å²) in [5.41, 5.74) is 0.947. The lowest BCUT2D eigenvalue weighted by atomic mass is 10.2. The van der Waals surface area contributed by atoms with E-state index in [0.717, 1.165) is 22.7 Å². The minimum atomic E-state index is -0.583. The van der Waals surface area contributed by atoms with Crippen molar-refractivity contribution in [3.05, 3.63) is 34.8 Å². The number of amides is 1. The van der Waals surface area contributed by atoms with Crippen LogP contribution < -0.4 is 10.1 Å². The second kappa shape index (κ2) is 7.86. The summed E-state index contributed by atoms with van der Waals surface area (Å²) in [6.45, 7) is 4.03. The van der Waals surface area contributed by atoms with Gasteiger partial charge in [0.25, 0.3) is 5.91 Å². The van der Waals surface area contributed by atoms with Gasteiger partial charge in [-0.3, -0.25) is 10.1 Å². The number of methoxy groups -OCH3 is 1. The van der Waals surface area contributed by atoms with Gasteiger partial charge in [-0.25, -0.2) is 0 Å². The Balaban J connectivity index is 1.85. The topological polar surface area (TPSA) is 73.3 Å². The monoisotopic (exact) mass is 321 g/mol. The van der Waals surface area contributed by atoms with E-state index >= 15 is 0 Å². The van der Waals surface area contributed by atoms with Gasteiger partial charge in [-0.1, -0.05) is 30.4 Å². The molecule has 0 radical (unpaired) electrons. The molecule has 1 aromatic carbocycles. The second-order valence-corrected chi connectivity index (χ2v) is 5.71. The fourth-order valence-corrected chi connectivity index (χ4v) is 2.40. The van der Waals surface area contributed by atoms with E-state index in [-0.39, 0.29) is 5.91 Å². The summed E-state index contributed by atoms with van der Waals surface area (Å²) in [5.74, 6) is 0.529. The lowest BCUT2D eigenvalue weighted by Gasteiger charge is -2.12. The Morgan fingerprint density at radius 2 is 2.23 bits per heavy atom. The maximum Gasteiger partial charge on any atom is 0.255 e. The van der Waals surface area contributed by atoms with Gasteiger partial charge in [0.05, 0.1) is 13.7 Å². The molecule has 0 saturated heterocycles. The predicted molar refractivity (Wildman–Crippen MR) is 85.2 cm³/mol. The van der Waals surface area contributed by atoms with Crippen molar-refractivity contribution in [2.45, 2.75) is 33.0 Å². The third-order valence-electron chi connectivity index (χ3n) is 3.00. The number of benzene rings is 1. The zero-order chi connectivity index (χ0) is 15.9. The molecule has 2 rings (SSSR count). The number of ether oxygens (including phenoxy) is 2. The summed E-state index contributed by atoms with van der Waals surface area (Å²) < 4.78 is 10.7. The second-order valence-electron chi connectivity index (χ2n) is 4.65. The molecular formula is C15H19N3O3S. The Labute approximate surface area is 133 Å². The number of aryl methyl sites for hydroxylation is 1. The fourth-order valence-electron chi connectivity index (χ4n) is 1.71. The summed E-state index contributed by atoms with van der Waals surface area (Å²) in [5, 5.41) is 12.0. The molecule has 1 aromatic heterocycles. The van der Waals surface area contributed by atoms with E-state index in [4.69, 9.17) is 9.47 Å². The van der Waals surface area contributed by atoms with E-state index < -0.39 is 6.10 Å². The molecule has 1 heterocycles. The number of nitrogens with one attached hydrogen (secondary N) is 1. The van der Waals surface area contributed by atoms with Crippen molar-refractivity contribution in [1.29, 1.82) is 0 Å². The van der Waals surface area contributed by atoms with Crippen molar-refractivity contribution in [3.63, 3.8) is 0 Å². The minimum Gasteiger partial charge on any atom is -0.497 e. The SMILES string of the molecule is CCc1nnc(NC(=O)[C@@H](C)OCc2cccc(OC)c2)s1. The first-order valence-electron chi connectivity index (χ1n) is 7.00. The summed E-state index contributed by atoms with van der Waals surface area (Å²) in [6, 6.07) is 7.55. The molecule has 0 aliphatic rings. The lowest BCUT2D eigenvalue weighted by molar-refractivity contribution is -0.127. The van der Waals surface area contributed by atoms with Crippen LogP contribution in [0.3, 0.4) is 0 Å². The smallest absolute Gasteiger partial charge is 0.255 e. The molecule has 0 saturated carbocycles. The van der Waals surface area contributed by atoms with Crippen molar-refractivity contribution < 1.29 is 14.3 Å². The molecule has 0 fully saturated rings. The quantitative estimate of drug-likeness (QED) is 0.848. The third-order valence-corrected chi connectivity index (χ3v) is 3.99. The van der Waals surface area contributed by atoms with E-state index in [0.29, 0.717) is 11.7 Å². The fraction of sp³-hybridized carbons (Fsp3) is 0.400. The molecule has 118 valence electrons. The Morgan fingerprint density at radius 3 is 2.91 bits per heavy atom. The van der Waals surface area contributed by atoms with Crippen molar-refractivity contribution >= 4 is 22.4 Å². The number of carbonyl (C=O) groups excluding carboxylic acids is 1. The molecule has 2 aromatic rings. The molecular weight excluding hydrogens is 302 g/mol. The van der Waals surface area contributed by atoms with Gasteiger partial charge in [-0.2, -0.15) is 0 Å². The van der Waals surface area contributed by atoms with E-state index in [1.54, 1.807) is 14.0 Å². The number of nitrogens with zero attached hydrogens (tertiary/aromatic N) is 2.